The lowest BCUT2D eigenvalue weighted by Gasteiger charge is -2.38. The highest BCUT2D eigenvalue weighted by Crippen LogP contribution is 2.22. The number of methoxy groups -OCH3 is 1. The summed E-state index contributed by atoms with van der Waals surface area (Å²) in [6.45, 7) is 9.36. The van der Waals surface area contributed by atoms with Gasteiger partial charge in [-0.3, -0.25) is 4.90 Å². The van der Waals surface area contributed by atoms with E-state index < -0.39 is 5.79 Å². The van der Waals surface area contributed by atoms with Crippen molar-refractivity contribution in [2.24, 2.45) is 0 Å². The van der Waals surface area contributed by atoms with Crippen LogP contribution in [0.2, 0.25) is 0 Å². The van der Waals surface area contributed by atoms with Gasteiger partial charge in [-0.15, -0.1) is 0 Å². The van der Waals surface area contributed by atoms with Crippen molar-refractivity contribution in [2.75, 3.05) is 46.6 Å². The fourth-order valence-corrected chi connectivity index (χ4v) is 2.23. The first-order valence-corrected chi connectivity index (χ1v) is 6.75. The first kappa shape index (κ1) is 14.9. The van der Waals surface area contributed by atoms with Crippen LogP contribution in [0.4, 0.5) is 0 Å². The summed E-state index contributed by atoms with van der Waals surface area (Å²) < 4.78 is 16.9. The lowest BCUT2D eigenvalue weighted by molar-refractivity contribution is -0.236. The number of unbranched alkanes of at least 4 members (excludes halogenated alkanes) is 1. The molecule has 0 spiro atoms. The van der Waals surface area contributed by atoms with E-state index >= 15 is 0 Å². The van der Waals surface area contributed by atoms with E-state index in [2.05, 4.69) is 11.8 Å². The average Bonchev–Trinajstić information content (AvgIpc) is 2.37. The number of rotatable bonds is 8. The van der Waals surface area contributed by atoms with Gasteiger partial charge < -0.3 is 14.2 Å². The van der Waals surface area contributed by atoms with Crippen molar-refractivity contribution in [3.05, 3.63) is 0 Å². The Hall–Kier alpha value is -0.160. The second kappa shape index (κ2) is 8.03. The molecule has 4 nitrogen and oxygen atoms in total. The fraction of sp³-hybridized carbons (Fsp3) is 1.00. The third-order valence-electron chi connectivity index (χ3n) is 3.26. The Morgan fingerprint density at radius 1 is 1.24 bits per heavy atom. The zero-order valence-corrected chi connectivity index (χ0v) is 11.5. The molecule has 0 aliphatic carbocycles. The molecule has 0 amide bonds. The summed E-state index contributed by atoms with van der Waals surface area (Å²) in [6, 6.07) is 0. The van der Waals surface area contributed by atoms with E-state index in [1.165, 1.54) is 6.42 Å². The lowest BCUT2D eigenvalue weighted by atomic mass is 10.1. The standard InChI is InChI=1S/C13H27NO3/c1-4-6-7-13(15-3,17-5-2)12-14-8-10-16-11-9-14/h4-12H2,1-3H3. The fourth-order valence-electron chi connectivity index (χ4n) is 2.23. The Bertz CT molecular complexity index is 195. The zero-order valence-electron chi connectivity index (χ0n) is 11.5. The summed E-state index contributed by atoms with van der Waals surface area (Å²) in [4.78, 5) is 2.37. The van der Waals surface area contributed by atoms with Gasteiger partial charge in [0.1, 0.15) is 0 Å². The lowest BCUT2D eigenvalue weighted by Crippen LogP contribution is -2.50. The monoisotopic (exact) mass is 245 g/mol. The zero-order chi connectivity index (χ0) is 12.6. The molecule has 4 heteroatoms. The molecular formula is C13H27NO3. The minimum absolute atomic E-state index is 0.428. The van der Waals surface area contributed by atoms with Crippen molar-refractivity contribution in [3.8, 4) is 0 Å². The van der Waals surface area contributed by atoms with Gasteiger partial charge in [-0.2, -0.15) is 0 Å². The predicted molar refractivity (Wildman–Crippen MR) is 68.2 cm³/mol. The van der Waals surface area contributed by atoms with Crippen LogP contribution in [-0.4, -0.2) is 57.3 Å². The van der Waals surface area contributed by atoms with Gasteiger partial charge in [-0.25, -0.2) is 0 Å². The van der Waals surface area contributed by atoms with Crippen molar-refractivity contribution in [2.45, 2.75) is 38.9 Å². The first-order valence-electron chi connectivity index (χ1n) is 6.75. The number of nitrogens with zero attached hydrogens (tertiary/aromatic N) is 1. The normalized spacial score (nSPS) is 21.4. The van der Waals surface area contributed by atoms with Gasteiger partial charge in [0.2, 0.25) is 0 Å². The summed E-state index contributed by atoms with van der Waals surface area (Å²) in [5.41, 5.74) is 0. The van der Waals surface area contributed by atoms with Gasteiger partial charge in [0.15, 0.2) is 5.79 Å². The van der Waals surface area contributed by atoms with Gasteiger partial charge in [0.05, 0.1) is 19.8 Å². The Morgan fingerprint density at radius 2 is 1.94 bits per heavy atom. The Balaban J connectivity index is 2.52. The maximum absolute atomic E-state index is 5.88. The molecule has 1 saturated heterocycles. The minimum atomic E-state index is -0.428. The molecule has 0 N–H and O–H groups in total. The Labute approximate surface area is 105 Å². The van der Waals surface area contributed by atoms with Gasteiger partial charge in [-0.05, 0) is 13.3 Å². The van der Waals surface area contributed by atoms with Gasteiger partial charge in [0.25, 0.3) is 0 Å². The van der Waals surface area contributed by atoms with E-state index in [1.54, 1.807) is 7.11 Å². The highest BCUT2D eigenvalue weighted by atomic mass is 16.7. The van der Waals surface area contributed by atoms with Crippen LogP contribution in [0.25, 0.3) is 0 Å². The predicted octanol–water partition coefficient (Wildman–Crippen LogP) is 1.89. The van der Waals surface area contributed by atoms with Gasteiger partial charge in [-0.1, -0.05) is 13.3 Å². The van der Waals surface area contributed by atoms with Crippen molar-refractivity contribution in [3.63, 3.8) is 0 Å². The minimum Gasteiger partial charge on any atom is -0.379 e. The van der Waals surface area contributed by atoms with E-state index in [-0.39, 0.29) is 0 Å². The molecule has 0 radical (unpaired) electrons. The van der Waals surface area contributed by atoms with E-state index in [0.29, 0.717) is 6.61 Å². The molecule has 0 aromatic carbocycles. The SMILES string of the molecule is CCCCC(CN1CCOCC1)(OC)OCC. The molecule has 0 saturated carbocycles. The van der Waals surface area contributed by atoms with Crippen molar-refractivity contribution >= 4 is 0 Å². The smallest absolute Gasteiger partial charge is 0.180 e. The Kier molecular flexibility index (Phi) is 7.04. The van der Waals surface area contributed by atoms with E-state index in [9.17, 15) is 0 Å². The molecule has 17 heavy (non-hydrogen) atoms. The number of ether oxygens (including phenoxy) is 3. The summed E-state index contributed by atoms with van der Waals surface area (Å²) in [7, 11) is 1.76. The van der Waals surface area contributed by atoms with Gasteiger partial charge in [0, 0.05) is 33.2 Å². The molecule has 102 valence electrons. The molecule has 1 rings (SSSR count). The highest BCUT2D eigenvalue weighted by molar-refractivity contribution is 4.76. The maximum atomic E-state index is 5.88. The second-order valence-electron chi connectivity index (χ2n) is 4.54. The van der Waals surface area contributed by atoms with Crippen LogP contribution >= 0.6 is 0 Å². The van der Waals surface area contributed by atoms with E-state index in [4.69, 9.17) is 14.2 Å². The van der Waals surface area contributed by atoms with Crippen LogP contribution in [0.15, 0.2) is 0 Å². The Morgan fingerprint density at radius 3 is 2.47 bits per heavy atom. The number of hydrogen-bond donors (Lipinski definition) is 0. The quantitative estimate of drug-likeness (QED) is 0.611. The third kappa shape index (κ3) is 4.92. The molecule has 1 aliphatic rings. The maximum Gasteiger partial charge on any atom is 0.180 e. The molecule has 1 heterocycles. The summed E-state index contributed by atoms with van der Waals surface area (Å²) >= 11 is 0. The van der Waals surface area contributed by atoms with Crippen molar-refractivity contribution in [1.82, 2.24) is 4.90 Å². The molecular weight excluding hydrogens is 218 g/mol. The third-order valence-corrected chi connectivity index (χ3v) is 3.26. The summed E-state index contributed by atoms with van der Waals surface area (Å²) in [6.07, 6.45) is 3.27. The first-order chi connectivity index (χ1) is 8.26. The highest BCUT2D eigenvalue weighted by Gasteiger charge is 2.32. The van der Waals surface area contributed by atoms with Gasteiger partial charge >= 0.3 is 0 Å². The van der Waals surface area contributed by atoms with Crippen molar-refractivity contribution in [1.29, 1.82) is 0 Å². The summed E-state index contributed by atoms with van der Waals surface area (Å²) in [5.74, 6) is -0.428. The van der Waals surface area contributed by atoms with Crippen LogP contribution < -0.4 is 0 Å². The molecule has 0 bridgehead atoms. The second-order valence-corrected chi connectivity index (χ2v) is 4.54. The largest absolute Gasteiger partial charge is 0.379 e. The van der Waals surface area contributed by atoms with E-state index in [1.807, 2.05) is 6.92 Å². The van der Waals surface area contributed by atoms with Crippen LogP contribution in [0.1, 0.15) is 33.1 Å². The van der Waals surface area contributed by atoms with Crippen LogP contribution in [-0.2, 0) is 14.2 Å². The molecule has 1 atom stereocenters. The average molecular weight is 245 g/mol. The number of morpholine rings is 1. The summed E-state index contributed by atoms with van der Waals surface area (Å²) in [5, 5.41) is 0. The molecule has 1 unspecified atom stereocenters. The van der Waals surface area contributed by atoms with Crippen LogP contribution in [0, 0.1) is 0 Å². The topological polar surface area (TPSA) is 30.9 Å². The van der Waals surface area contributed by atoms with Crippen LogP contribution in [0.3, 0.4) is 0 Å². The molecule has 1 fully saturated rings. The number of hydrogen-bond acceptors (Lipinski definition) is 4. The molecule has 0 aromatic heterocycles. The molecule has 1 aliphatic heterocycles. The molecule has 0 aromatic rings. The van der Waals surface area contributed by atoms with E-state index in [0.717, 1.165) is 45.7 Å². The van der Waals surface area contributed by atoms with Crippen molar-refractivity contribution < 1.29 is 14.2 Å². The van der Waals surface area contributed by atoms with Crippen LogP contribution in [0.5, 0.6) is 0 Å².